The Morgan fingerprint density at radius 3 is 2.20 bits per heavy atom. The number of benzene rings is 1. The smallest absolute Gasteiger partial charge is 0.305 e. The minimum atomic E-state index is -0.841. The Bertz CT molecular complexity index is 643. The molecule has 0 fully saturated rings. The van der Waals surface area contributed by atoms with Gasteiger partial charge in [0.15, 0.2) is 0 Å². The third-order valence-corrected chi connectivity index (χ3v) is 3.43. The second-order valence-electron chi connectivity index (χ2n) is 4.83. The Hall–Kier alpha value is -2.54. The predicted molar refractivity (Wildman–Crippen MR) is 75.5 cm³/mol. The molecule has 0 saturated carbocycles. The van der Waals surface area contributed by atoms with Crippen LogP contribution in [-0.2, 0) is 4.79 Å². The Balaban J connectivity index is 2.47. The average Bonchev–Trinajstić information content (AvgIpc) is 2.76. The van der Waals surface area contributed by atoms with Crippen molar-refractivity contribution in [2.45, 2.75) is 26.3 Å². The predicted octanol–water partition coefficient (Wildman–Crippen LogP) is 3.04. The van der Waals surface area contributed by atoms with E-state index < -0.39 is 5.97 Å². The first-order valence-corrected chi connectivity index (χ1v) is 6.39. The molecule has 1 N–H and O–H groups in total. The van der Waals surface area contributed by atoms with Crippen molar-refractivity contribution < 1.29 is 9.90 Å². The molecule has 2 rings (SSSR count). The van der Waals surface area contributed by atoms with E-state index in [1.807, 2.05) is 42.7 Å². The minimum Gasteiger partial charge on any atom is -0.481 e. The topological polar surface area (TPSA) is 66.0 Å². The van der Waals surface area contributed by atoms with Crippen molar-refractivity contribution in [3.8, 4) is 6.07 Å². The number of hydrogen-bond acceptors (Lipinski definition) is 2. The van der Waals surface area contributed by atoms with Gasteiger partial charge in [0.05, 0.1) is 24.1 Å². The van der Waals surface area contributed by atoms with E-state index in [1.165, 1.54) is 0 Å². The summed E-state index contributed by atoms with van der Waals surface area (Å²) in [5.41, 5.74) is 3.52. The maximum atomic E-state index is 11.2. The number of rotatable bonds is 4. The first kappa shape index (κ1) is 13.9. The number of carboxylic acid groups (broad SMARTS) is 1. The summed E-state index contributed by atoms with van der Waals surface area (Å²) in [6.07, 6.45) is 0.0161. The van der Waals surface area contributed by atoms with Gasteiger partial charge < -0.3 is 9.67 Å². The van der Waals surface area contributed by atoms with Gasteiger partial charge in [0, 0.05) is 11.4 Å². The zero-order chi connectivity index (χ0) is 14.7. The maximum Gasteiger partial charge on any atom is 0.305 e. The molecule has 1 aromatic heterocycles. The number of aliphatic carboxylic acids is 1. The van der Waals surface area contributed by atoms with Gasteiger partial charge in [-0.2, -0.15) is 5.26 Å². The van der Waals surface area contributed by atoms with Crippen LogP contribution in [0.5, 0.6) is 0 Å². The van der Waals surface area contributed by atoms with E-state index in [1.54, 1.807) is 12.1 Å². The highest BCUT2D eigenvalue weighted by atomic mass is 16.4. The van der Waals surface area contributed by atoms with E-state index in [4.69, 9.17) is 10.4 Å². The van der Waals surface area contributed by atoms with Crippen LogP contribution in [0.1, 0.15) is 35.0 Å². The molecule has 4 heteroatoms. The molecule has 0 unspecified atom stereocenters. The van der Waals surface area contributed by atoms with E-state index in [-0.39, 0.29) is 12.5 Å². The van der Waals surface area contributed by atoms with E-state index in [9.17, 15) is 4.79 Å². The summed E-state index contributed by atoms with van der Waals surface area (Å²) in [6, 6.07) is 12.9. The minimum absolute atomic E-state index is 0.0161. The van der Waals surface area contributed by atoms with E-state index in [0.717, 1.165) is 17.0 Å². The molecule has 0 aliphatic rings. The standard InChI is InChI=1S/C16H16N2O2/c1-11-3-4-12(2)18(11)15(9-16(19)20)14-7-5-13(10-17)6-8-14/h3-8,15H,9H2,1-2H3,(H,19,20)/t15-/m1/s1. The van der Waals surface area contributed by atoms with Crippen LogP contribution in [0.25, 0.3) is 0 Å². The number of nitrogens with zero attached hydrogens (tertiary/aromatic N) is 2. The summed E-state index contributed by atoms with van der Waals surface area (Å²) in [7, 11) is 0. The Kier molecular flexibility index (Phi) is 3.90. The Labute approximate surface area is 117 Å². The third-order valence-electron chi connectivity index (χ3n) is 3.43. The number of aromatic nitrogens is 1. The molecule has 0 amide bonds. The zero-order valence-corrected chi connectivity index (χ0v) is 11.5. The highest BCUT2D eigenvalue weighted by Gasteiger charge is 2.20. The molecule has 0 aliphatic carbocycles. The normalized spacial score (nSPS) is 11.8. The third kappa shape index (κ3) is 2.72. The van der Waals surface area contributed by atoms with Gasteiger partial charge in [0.2, 0.25) is 0 Å². The lowest BCUT2D eigenvalue weighted by Crippen LogP contribution is -2.17. The number of carbonyl (C=O) groups is 1. The highest BCUT2D eigenvalue weighted by Crippen LogP contribution is 2.26. The maximum absolute atomic E-state index is 11.2. The molecule has 0 radical (unpaired) electrons. The van der Waals surface area contributed by atoms with Gasteiger partial charge in [-0.3, -0.25) is 4.79 Å². The van der Waals surface area contributed by atoms with Crippen molar-refractivity contribution in [1.82, 2.24) is 4.57 Å². The van der Waals surface area contributed by atoms with Crippen LogP contribution >= 0.6 is 0 Å². The van der Waals surface area contributed by atoms with E-state index in [0.29, 0.717) is 5.56 Å². The van der Waals surface area contributed by atoms with Gasteiger partial charge in [0.1, 0.15) is 0 Å². The fraction of sp³-hybridized carbons (Fsp3) is 0.250. The fourth-order valence-corrected chi connectivity index (χ4v) is 2.48. The Morgan fingerprint density at radius 2 is 1.75 bits per heavy atom. The average molecular weight is 268 g/mol. The van der Waals surface area contributed by atoms with Crippen molar-refractivity contribution in [3.05, 3.63) is 58.9 Å². The number of carboxylic acids is 1. The van der Waals surface area contributed by atoms with Crippen molar-refractivity contribution in [2.75, 3.05) is 0 Å². The first-order valence-electron chi connectivity index (χ1n) is 6.39. The quantitative estimate of drug-likeness (QED) is 0.926. The van der Waals surface area contributed by atoms with Crippen molar-refractivity contribution >= 4 is 5.97 Å². The summed E-state index contributed by atoms with van der Waals surface area (Å²) in [4.78, 5) is 11.2. The molecule has 102 valence electrons. The summed E-state index contributed by atoms with van der Waals surface area (Å²) >= 11 is 0. The SMILES string of the molecule is Cc1ccc(C)n1[C@H](CC(=O)O)c1ccc(C#N)cc1. The summed E-state index contributed by atoms with van der Waals surface area (Å²) in [5, 5.41) is 18.0. The van der Waals surface area contributed by atoms with Crippen molar-refractivity contribution in [1.29, 1.82) is 5.26 Å². The molecule has 4 nitrogen and oxygen atoms in total. The first-order chi connectivity index (χ1) is 9.52. The highest BCUT2D eigenvalue weighted by molar-refractivity contribution is 5.68. The van der Waals surface area contributed by atoms with Gasteiger partial charge >= 0.3 is 5.97 Å². The lowest BCUT2D eigenvalue weighted by molar-refractivity contribution is -0.137. The number of hydrogen-bond donors (Lipinski definition) is 1. The van der Waals surface area contributed by atoms with Gasteiger partial charge in [0.25, 0.3) is 0 Å². The molecule has 2 aromatic rings. The molecule has 1 heterocycles. The summed E-state index contributed by atoms with van der Waals surface area (Å²) in [6.45, 7) is 3.93. The number of nitriles is 1. The van der Waals surface area contributed by atoms with Gasteiger partial charge in [-0.1, -0.05) is 12.1 Å². The lowest BCUT2D eigenvalue weighted by Gasteiger charge is -2.21. The van der Waals surface area contributed by atoms with Crippen molar-refractivity contribution in [2.24, 2.45) is 0 Å². The van der Waals surface area contributed by atoms with Crippen LogP contribution in [0, 0.1) is 25.2 Å². The van der Waals surface area contributed by atoms with Gasteiger partial charge in [-0.05, 0) is 43.7 Å². The second-order valence-corrected chi connectivity index (χ2v) is 4.83. The van der Waals surface area contributed by atoms with Gasteiger partial charge in [-0.15, -0.1) is 0 Å². The van der Waals surface area contributed by atoms with Gasteiger partial charge in [-0.25, -0.2) is 0 Å². The second kappa shape index (κ2) is 5.62. The Morgan fingerprint density at radius 1 is 1.20 bits per heavy atom. The molecule has 0 bridgehead atoms. The molecule has 20 heavy (non-hydrogen) atoms. The van der Waals surface area contributed by atoms with Crippen LogP contribution in [0.3, 0.4) is 0 Å². The lowest BCUT2D eigenvalue weighted by atomic mass is 10.0. The van der Waals surface area contributed by atoms with Crippen LogP contribution < -0.4 is 0 Å². The molecule has 0 saturated heterocycles. The van der Waals surface area contributed by atoms with E-state index >= 15 is 0 Å². The van der Waals surface area contributed by atoms with E-state index in [2.05, 4.69) is 6.07 Å². The zero-order valence-electron chi connectivity index (χ0n) is 11.5. The molecule has 1 aromatic carbocycles. The van der Waals surface area contributed by atoms with Crippen molar-refractivity contribution in [3.63, 3.8) is 0 Å². The largest absolute Gasteiger partial charge is 0.481 e. The molecular weight excluding hydrogens is 252 g/mol. The van der Waals surface area contributed by atoms with Crippen LogP contribution in [0.15, 0.2) is 36.4 Å². The monoisotopic (exact) mass is 268 g/mol. The molecule has 0 spiro atoms. The summed E-state index contributed by atoms with van der Waals surface area (Å²) < 4.78 is 2.02. The molecule has 0 aliphatic heterocycles. The fourth-order valence-electron chi connectivity index (χ4n) is 2.48. The molecular formula is C16H16N2O2. The van der Waals surface area contributed by atoms with Crippen LogP contribution in [0.4, 0.5) is 0 Å². The van der Waals surface area contributed by atoms with Crippen LogP contribution in [0.2, 0.25) is 0 Å². The number of aryl methyl sites for hydroxylation is 2. The van der Waals surface area contributed by atoms with Crippen LogP contribution in [-0.4, -0.2) is 15.6 Å². The summed E-state index contributed by atoms with van der Waals surface area (Å²) in [5.74, 6) is -0.841. The molecule has 1 atom stereocenters.